The summed E-state index contributed by atoms with van der Waals surface area (Å²) < 4.78 is 0. The van der Waals surface area contributed by atoms with Crippen LogP contribution in [0, 0.1) is 0 Å². The van der Waals surface area contributed by atoms with Crippen molar-refractivity contribution in [3.05, 3.63) is 94.6 Å². The summed E-state index contributed by atoms with van der Waals surface area (Å²) >= 11 is 0. The monoisotopic (exact) mass is 372 g/mol. The van der Waals surface area contributed by atoms with Gasteiger partial charge in [-0.2, -0.15) is 0 Å². The third kappa shape index (κ3) is 4.25. The summed E-state index contributed by atoms with van der Waals surface area (Å²) in [6.45, 7) is 12.0. The minimum Gasteiger partial charge on any atom is -0.0793 e. The van der Waals surface area contributed by atoms with Crippen LogP contribution in [-0.4, -0.2) is 8.07 Å². The molecule has 1 aliphatic rings. The predicted molar refractivity (Wildman–Crippen MR) is 124 cm³/mol. The van der Waals surface area contributed by atoms with Gasteiger partial charge in [0, 0.05) is 8.07 Å². The second-order valence-electron chi connectivity index (χ2n) is 8.53. The van der Waals surface area contributed by atoms with Crippen molar-refractivity contribution in [2.24, 2.45) is 0 Å². The molecule has 2 aromatic carbocycles. The molecule has 2 aromatic rings. The van der Waals surface area contributed by atoms with Crippen LogP contribution in [0.1, 0.15) is 37.8 Å². The zero-order valence-electron chi connectivity index (χ0n) is 17.5. The molecule has 0 nitrogen and oxygen atoms in total. The molecule has 27 heavy (non-hydrogen) atoms. The molecule has 0 spiro atoms. The van der Waals surface area contributed by atoms with Crippen molar-refractivity contribution in [3.8, 4) is 0 Å². The van der Waals surface area contributed by atoms with E-state index in [1.165, 1.54) is 45.0 Å². The fraction of sp³-hybridized carbons (Fsp3) is 0.308. The highest BCUT2D eigenvalue weighted by molar-refractivity contribution is 6.76. The normalized spacial score (nSPS) is 14.9. The largest absolute Gasteiger partial charge is 0.0793 e. The van der Waals surface area contributed by atoms with Gasteiger partial charge in [0.1, 0.15) is 0 Å². The molecule has 0 aromatic heterocycles. The van der Waals surface area contributed by atoms with Crippen molar-refractivity contribution >= 4 is 19.2 Å². The molecule has 0 heterocycles. The molecular weight excluding hydrogens is 340 g/mol. The third-order valence-electron chi connectivity index (χ3n) is 5.25. The summed E-state index contributed by atoms with van der Waals surface area (Å²) in [5.74, 6) is 0. The lowest BCUT2D eigenvalue weighted by Crippen LogP contribution is -2.17. The molecule has 0 saturated carbocycles. The van der Waals surface area contributed by atoms with E-state index in [0.717, 1.165) is 12.8 Å². The first kappa shape index (κ1) is 19.6. The second kappa shape index (κ2) is 8.27. The van der Waals surface area contributed by atoms with Gasteiger partial charge >= 0.3 is 0 Å². The van der Waals surface area contributed by atoms with Crippen molar-refractivity contribution in [2.45, 2.75) is 52.4 Å². The van der Waals surface area contributed by atoms with Gasteiger partial charge in [-0.3, -0.25) is 0 Å². The number of hydrogen-bond acceptors (Lipinski definition) is 0. The van der Waals surface area contributed by atoms with Gasteiger partial charge in [-0.1, -0.05) is 100 Å². The van der Waals surface area contributed by atoms with Gasteiger partial charge in [0.2, 0.25) is 0 Å². The van der Waals surface area contributed by atoms with Crippen LogP contribution in [0.15, 0.2) is 83.5 Å². The van der Waals surface area contributed by atoms with Gasteiger partial charge in [0.05, 0.1) is 0 Å². The fourth-order valence-corrected chi connectivity index (χ4v) is 4.81. The van der Waals surface area contributed by atoms with E-state index in [0.29, 0.717) is 0 Å². The Morgan fingerprint density at radius 1 is 0.667 bits per heavy atom. The molecule has 0 N–H and O–H groups in total. The van der Waals surface area contributed by atoms with Crippen molar-refractivity contribution in [1.29, 1.82) is 0 Å². The van der Waals surface area contributed by atoms with E-state index >= 15 is 0 Å². The highest BCUT2D eigenvalue weighted by Crippen LogP contribution is 2.49. The summed E-state index contributed by atoms with van der Waals surface area (Å²) in [5, 5.41) is 0. The highest BCUT2D eigenvalue weighted by atomic mass is 28.3. The summed E-state index contributed by atoms with van der Waals surface area (Å²) in [6.07, 6.45) is 4.70. The molecule has 0 atom stereocenters. The zero-order valence-corrected chi connectivity index (χ0v) is 18.5. The Hall–Kier alpha value is -2.12. The van der Waals surface area contributed by atoms with Crippen LogP contribution >= 0.6 is 0 Å². The Morgan fingerprint density at radius 3 is 1.41 bits per heavy atom. The lowest BCUT2D eigenvalue weighted by Gasteiger charge is -2.15. The Labute approximate surface area is 166 Å². The summed E-state index contributed by atoms with van der Waals surface area (Å²) in [7, 11) is -1.13. The Bertz CT molecular complexity index is 809. The van der Waals surface area contributed by atoms with Gasteiger partial charge < -0.3 is 0 Å². The van der Waals surface area contributed by atoms with Crippen molar-refractivity contribution in [2.75, 3.05) is 0 Å². The number of benzene rings is 2. The van der Waals surface area contributed by atoms with Gasteiger partial charge in [-0.05, 0) is 57.9 Å². The van der Waals surface area contributed by atoms with Crippen molar-refractivity contribution < 1.29 is 0 Å². The van der Waals surface area contributed by atoms with Crippen molar-refractivity contribution in [3.63, 3.8) is 0 Å². The minimum absolute atomic E-state index is 1.07. The van der Waals surface area contributed by atoms with Crippen LogP contribution in [0.3, 0.4) is 0 Å². The van der Waals surface area contributed by atoms with E-state index in [9.17, 15) is 0 Å². The summed E-state index contributed by atoms with van der Waals surface area (Å²) in [5.41, 5.74) is 10.1. The number of hydrogen-bond donors (Lipinski definition) is 0. The average Bonchev–Trinajstić information content (AvgIpc) is 3.00. The average molecular weight is 373 g/mol. The molecule has 0 aliphatic heterocycles. The van der Waals surface area contributed by atoms with Crippen molar-refractivity contribution in [1.82, 2.24) is 0 Å². The van der Waals surface area contributed by atoms with Crippen LogP contribution in [0.2, 0.25) is 25.7 Å². The van der Waals surface area contributed by atoms with Crippen LogP contribution in [0.4, 0.5) is 0 Å². The van der Waals surface area contributed by atoms with Crippen LogP contribution in [-0.2, 0) is 0 Å². The molecule has 140 valence electrons. The van der Waals surface area contributed by atoms with E-state index in [4.69, 9.17) is 0 Å². The molecule has 1 aliphatic carbocycles. The smallest absolute Gasteiger partial charge is 0.0480 e. The summed E-state index contributed by atoms with van der Waals surface area (Å²) in [6, 6.07) is 23.2. The second-order valence-corrected chi connectivity index (χ2v) is 14.1. The van der Waals surface area contributed by atoms with E-state index in [1.807, 2.05) is 0 Å². The summed E-state index contributed by atoms with van der Waals surface area (Å²) in [4.78, 5) is 0. The maximum atomic E-state index is 2.56. The molecule has 3 rings (SSSR count). The topological polar surface area (TPSA) is 0 Å². The predicted octanol–water partition coefficient (Wildman–Crippen LogP) is 7.99. The highest BCUT2D eigenvalue weighted by Gasteiger charge is 2.29. The lowest BCUT2D eigenvalue weighted by atomic mass is 9.91. The van der Waals surface area contributed by atoms with E-state index in [-0.39, 0.29) is 0 Å². The van der Waals surface area contributed by atoms with Gasteiger partial charge in [-0.25, -0.2) is 0 Å². The Morgan fingerprint density at radius 2 is 1.07 bits per heavy atom. The zero-order chi connectivity index (χ0) is 19.4. The first-order chi connectivity index (χ1) is 13.0. The maximum Gasteiger partial charge on any atom is 0.0480 e. The van der Waals surface area contributed by atoms with Crippen LogP contribution in [0.25, 0.3) is 11.1 Å². The quantitative estimate of drug-likeness (QED) is 0.451. The molecule has 0 saturated heterocycles. The van der Waals surface area contributed by atoms with Gasteiger partial charge in [0.15, 0.2) is 0 Å². The van der Waals surface area contributed by atoms with Gasteiger partial charge in [0.25, 0.3) is 0 Å². The molecule has 0 bridgehead atoms. The molecular formula is C26H32Si. The number of allylic oxidation sites excluding steroid dienone is 6. The molecule has 1 heteroatoms. The van der Waals surface area contributed by atoms with E-state index in [1.54, 1.807) is 0 Å². The standard InChI is InChI=1S/C26H32Si/c1-6-22-24(18-19-27(3,4)5)23(7-2)26(21-16-12-9-13-17-21)25(22)20-14-10-8-11-15-20/h8-18H,6-7,19H2,1-5H3. The maximum absolute atomic E-state index is 2.56. The SMILES string of the molecule is CCC1=C(c2ccccc2)C(c2ccccc2)=C(CC)C1=CC[Si](C)(C)C. The van der Waals surface area contributed by atoms with Gasteiger partial charge in [-0.15, -0.1) is 0 Å². The Balaban J connectivity index is 2.28. The molecule has 0 fully saturated rings. The number of rotatable bonds is 6. The minimum atomic E-state index is -1.13. The third-order valence-corrected chi connectivity index (χ3v) is 6.68. The lowest BCUT2D eigenvalue weighted by molar-refractivity contribution is 1.07. The van der Waals surface area contributed by atoms with E-state index in [2.05, 4.69) is 100 Å². The van der Waals surface area contributed by atoms with E-state index < -0.39 is 8.07 Å². The van der Waals surface area contributed by atoms with Crippen LogP contribution < -0.4 is 0 Å². The van der Waals surface area contributed by atoms with Crippen LogP contribution in [0.5, 0.6) is 0 Å². The first-order valence-electron chi connectivity index (χ1n) is 10.2. The molecule has 0 unspecified atom stereocenters. The Kier molecular flexibility index (Phi) is 6.01. The fourth-order valence-electron chi connectivity index (χ4n) is 3.99. The molecule has 0 radical (unpaired) electrons. The first-order valence-corrected chi connectivity index (χ1v) is 14.0. The molecule has 0 amide bonds.